The molecule has 0 saturated carbocycles. The summed E-state index contributed by atoms with van der Waals surface area (Å²) in [6.45, 7) is 3.02. The van der Waals surface area contributed by atoms with E-state index in [0.717, 1.165) is 42.9 Å². The number of aryl methyl sites for hydroxylation is 1. The van der Waals surface area contributed by atoms with Crippen LogP contribution in [0.4, 0.5) is 0 Å². The highest BCUT2D eigenvalue weighted by atomic mass is 16.1. The normalized spacial score (nSPS) is 16.0. The third-order valence-corrected chi connectivity index (χ3v) is 3.53. The molecule has 1 aromatic carbocycles. The third-order valence-electron chi connectivity index (χ3n) is 3.53. The molecule has 0 aliphatic carbocycles. The molecule has 1 aliphatic rings. The van der Waals surface area contributed by atoms with Gasteiger partial charge in [0.25, 0.3) is 5.56 Å². The van der Waals surface area contributed by atoms with Crippen LogP contribution in [-0.2, 0) is 6.54 Å². The van der Waals surface area contributed by atoms with Crippen molar-refractivity contribution in [3.8, 4) is 0 Å². The molecule has 1 aromatic heterocycles. The monoisotopic (exact) mass is 228 g/mol. The number of hydrogen-bond acceptors (Lipinski definition) is 2. The second-order valence-electron chi connectivity index (χ2n) is 4.69. The lowest BCUT2D eigenvalue weighted by Crippen LogP contribution is -2.42. The molecule has 0 spiro atoms. The number of para-hydroxylation sites is 1. The first kappa shape index (κ1) is 10.5. The smallest absolute Gasteiger partial charge is 0.251 e. The molecule has 1 fully saturated rings. The van der Waals surface area contributed by atoms with Crippen LogP contribution < -0.4 is 10.9 Å². The van der Waals surface area contributed by atoms with Crippen molar-refractivity contribution in [3.63, 3.8) is 0 Å². The summed E-state index contributed by atoms with van der Waals surface area (Å²) in [6, 6.07) is 11.6. The largest absolute Gasteiger partial charge is 0.316 e. The van der Waals surface area contributed by atoms with Gasteiger partial charge in [0, 0.05) is 12.6 Å². The molecule has 1 saturated heterocycles. The van der Waals surface area contributed by atoms with E-state index in [1.165, 1.54) is 0 Å². The maximum Gasteiger partial charge on any atom is 0.251 e. The zero-order chi connectivity index (χ0) is 11.7. The molecule has 0 bridgehead atoms. The average Bonchev–Trinajstić information content (AvgIpc) is 2.30. The molecule has 2 aromatic rings. The van der Waals surface area contributed by atoms with Crippen LogP contribution >= 0.6 is 0 Å². The van der Waals surface area contributed by atoms with Gasteiger partial charge in [-0.3, -0.25) is 4.79 Å². The van der Waals surface area contributed by atoms with E-state index >= 15 is 0 Å². The number of pyridine rings is 1. The van der Waals surface area contributed by atoms with Gasteiger partial charge in [0.15, 0.2) is 0 Å². The van der Waals surface area contributed by atoms with Gasteiger partial charge in [0.2, 0.25) is 0 Å². The molecule has 1 N–H and O–H groups in total. The minimum absolute atomic E-state index is 0.107. The maximum absolute atomic E-state index is 11.9. The Morgan fingerprint density at radius 1 is 1.18 bits per heavy atom. The summed E-state index contributed by atoms with van der Waals surface area (Å²) in [4.78, 5) is 11.9. The highest BCUT2D eigenvalue weighted by Crippen LogP contribution is 2.14. The molecule has 0 unspecified atom stereocenters. The van der Waals surface area contributed by atoms with E-state index < -0.39 is 0 Å². The molecule has 0 radical (unpaired) electrons. The fourth-order valence-corrected chi connectivity index (χ4v) is 2.34. The molecule has 3 nitrogen and oxygen atoms in total. The quantitative estimate of drug-likeness (QED) is 0.866. The fraction of sp³-hybridized carbons (Fsp3) is 0.357. The van der Waals surface area contributed by atoms with Crippen LogP contribution in [0, 0.1) is 5.92 Å². The number of nitrogens with zero attached hydrogens (tertiary/aromatic N) is 1. The highest BCUT2D eigenvalue weighted by Gasteiger charge is 2.16. The lowest BCUT2D eigenvalue weighted by Gasteiger charge is -2.27. The molecule has 88 valence electrons. The van der Waals surface area contributed by atoms with Gasteiger partial charge in [-0.2, -0.15) is 0 Å². The van der Waals surface area contributed by atoms with E-state index in [4.69, 9.17) is 0 Å². The Hall–Kier alpha value is -1.61. The van der Waals surface area contributed by atoms with Gasteiger partial charge < -0.3 is 9.88 Å². The van der Waals surface area contributed by atoms with Gasteiger partial charge in [-0.05, 0) is 42.9 Å². The van der Waals surface area contributed by atoms with E-state index in [9.17, 15) is 4.79 Å². The zero-order valence-corrected chi connectivity index (χ0v) is 9.73. The van der Waals surface area contributed by atoms with Crippen molar-refractivity contribution in [2.24, 2.45) is 5.92 Å². The van der Waals surface area contributed by atoms with Gasteiger partial charge >= 0.3 is 0 Å². The van der Waals surface area contributed by atoms with Crippen molar-refractivity contribution in [1.29, 1.82) is 0 Å². The van der Waals surface area contributed by atoms with Crippen molar-refractivity contribution in [1.82, 2.24) is 9.88 Å². The van der Waals surface area contributed by atoms with E-state index in [0.29, 0.717) is 0 Å². The summed E-state index contributed by atoms with van der Waals surface area (Å²) >= 11 is 0. The number of fused-ring (bicyclic) bond motifs is 1. The van der Waals surface area contributed by atoms with Crippen LogP contribution in [0.3, 0.4) is 0 Å². The lowest BCUT2D eigenvalue weighted by molar-refractivity contribution is 0.312. The standard InChI is InChI=1S/C14H16N2O/c17-14-6-5-12-3-1-2-4-13(12)16(14)8-7-11-9-15-10-11/h1-6,11,15H,7-10H2. The molecule has 0 atom stereocenters. The Kier molecular flexibility index (Phi) is 2.69. The van der Waals surface area contributed by atoms with Gasteiger partial charge in [-0.25, -0.2) is 0 Å². The van der Waals surface area contributed by atoms with Crippen LogP contribution in [0.5, 0.6) is 0 Å². The Morgan fingerprint density at radius 2 is 2.00 bits per heavy atom. The number of rotatable bonds is 3. The fourth-order valence-electron chi connectivity index (χ4n) is 2.34. The molecular formula is C14H16N2O. The second-order valence-corrected chi connectivity index (χ2v) is 4.69. The first-order valence-electron chi connectivity index (χ1n) is 6.14. The van der Waals surface area contributed by atoms with Gasteiger partial charge in [-0.1, -0.05) is 18.2 Å². The molecule has 1 aliphatic heterocycles. The second kappa shape index (κ2) is 4.34. The van der Waals surface area contributed by atoms with Crippen molar-refractivity contribution >= 4 is 10.9 Å². The van der Waals surface area contributed by atoms with Crippen LogP contribution in [-0.4, -0.2) is 17.7 Å². The Morgan fingerprint density at radius 3 is 2.76 bits per heavy atom. The highest BCUT2D eigenvalue weighted by molar-refractivity contribution is 5.78. The molecule has 0 amide bonds. The van der Waals surface area contributed by atoms with E-state index in [-0.39, 0.29) is 5.56 Å². The Balaban J connectivity index is 1.95. The molecule has 3 heteroatoms. The molecular weight excluding hydrogens is 212 g/mol. The third kappa shape index (κ3) is 1.98. The summed E-state index contributed by atoms with van der Waals surface area (Å²) in [5.74, 6) is 0.737. The van der Waals surface area contributed by atoms with Crippen LogP contribution in [0.25, 0.3) is 10.9 Å². The van der Waals surface area contributed by atoms with Crippen LogP contribution in [0.2, 0.25) is 0 Å². The first-order chi connectivity index (χ1) is 8.34. The Labute approximate surface area is 100 Å². The lowest BCUT2D eigenvalue weighted by atomic mass is 9.99. The van der Waals surface area contributed by atoms with Crippen molar-refractivity contribution in [2.45, 2.75) is 13.0 Å². The van der Waals surface area contributed by atoms with E-state index in [1.54, 1.807) is 6.07 Å². The molecule has 17 heavy (non-hydrogen) atoms. The van der Waals surface area contributed by atoms with Crippen LogP contribution in [0.1, 0.15) is 6.42 Å². The van der Waals surface area contributed by atoms with Crippen molar-refractivity contribution in [2.75, 3.05) is 13.1 Å². The van der Waals surface area contributed by atoms with Gasteiger partial charge in [-0.15, -0.1) is 0 Å². The van der Waals surface area contributed by atoms with Gasteiger partial charge in [0.1, 0.15) is 0 Å². The van der Waals surface area contributed by atoms with Gasteiger partial charge in [0.05, 0.1) is 5.52 Å². The summed E-state index contributed by atoms with van der Waals surface area (Å²) < 4.78 is 1.90. The molecule has 2 heterocycles. The zero-order valence-electron chi connectivity index (χ0n) is 9.73. The van der Waals surface area contributed by atoms with Crippen LogP contribution in [0.15, 0.2) is 41.2 Å². The van der Waals surface area contributed by atoms with E-state index in [2.05, 4.69) is 11.4 Å². The summed E-state index contributed by atoms with van der Waals surface area (Å²) in [5.41, 5.74) is 1.16. The number of aromatic nitrogens is 1. The average molecular weight is 228 g/mol. The maximum atomic E-state index is 11.9. The molecule has 3 rings (SSSR count). The first-order valence-corrected chi connectivity index (χ1v) is 6.14. The van der Waals surface area contributed by atoms with Crippen molar-refractivity contribution < 1.29 is 0 Å². The minimum atomic E-state index is 0.107. The van der Waals surface area contributed by atoms with Crippen molar-refractivity contribution in [3.05, 3.63) is 46.8 Å². The summed E-state index contributed by atoms with van der Waals surface area (Å²) in [7, 11) is 0. The number of nitrogens with one attached hydrogen (secondary N) is 1. The minimum Gasteiger partial charge on any atom is -0.316 e. The summed E-state index contributed by atoms with van der Waals surface area (Å²) in [5, 5.41) is 4.40. The SMILES string of the molecule is O=c1ccc2ccccc2n1CCC1CNC1. The predicted molar refractivity (Wildman–Crippen MR) is 69.2 cm³/mol. The number of benzene rings is 1. The predicted octanol–water partition coefficient (Wildman–Crippen LogP) is 1.61. The number of hydrogen-bond donors (Lipinski definition) is 1. The summed E-state index contributed by atoms with van der Waals surface area (Å²) in [6.07, 6.45) is 1.08. The van der Waals surface area contributed by atoms with E-state index in [1.807, 2.05) is 28.8 Å². The Bertz CT molecular complexity index is 584. The topological polar surface area (TPSA) is 34.0 Å².